The van der Waals surface area contributed by atoms with Crippen molar-refractivity contribution >= 4 is 11.9 Å². The van der Waals surface area contributed by atoms with Crippen LogP contribution in [-0.4, -0.2) is 37.1 Å². The fourth-order valence-electron chi connectivity index (χ4n) is 5.57. The molecule has 0 amide bonds. The molecule has 0 radical (unpaired) electrons. The summed E-state index contributed by atoms with van der Waals surface area (Å²) >= 11 is 0. The lowest BCUT2D eigenvalue weighted by atomic mass is 9.72. The number of carbonyl (C=O) groups is 2. The highest BCUT2D eigenvalue weighted by atomic mass is 16.6. The minimum Gasteiger partial charge on any atom is -0.469 e. The zero-order valence-corrected chi connectivity index (χ0v) is 9.78. The summed E-state index contributed by atoms with van der Waals surface area (Å²) in [6, 6.07) is -0.779. The van der Waals surface area contributed by atoms with Gasteiger partial charge in [0.05, 0.1) is 25.0 Å². The topological polar surface area (TPSA) is 95.7 Å². The number of ether oxygens (including phenoxy) is 2. The van der Waals surface area contributed by atoms with Crippen molar-refractivity contribution in [2.75, 3.05) is 14.2 Å². The summed E-state index contributed by atoms with van der Waals surface area (Å²) in [6.45, 7) is 0. The third-order valence-electron chi connectivity index (χ3n) is 5.76. The highest BCUT2D eigenvalue weighted by molar-refractivity contribution is 6.01. The Labute approximate surface area is 102 Å². The van der Waals surface area contributed by atoms with E-state index in [9.17, 15) is 19.7 Å². The molecule has 0 aromatic heterocycles. The number of esters is 2. The van der Waals surface area contributed by atoms with Crippen LogP contribution in [0.3, 0.4) is 0 Å². The maximum Gasteiger partial charge on any atom is 0.313 e. The van der Waals surface area contributed by atoms with Gasteiger partial charge in [-0.05, 0) is 11.8 Å². The monoisotopic (exact) mass is 253 g/mol. The van der Waals surface area contributed by atoms with Crippen LogP contribution in [0.4, 0.5) is 0 Å². The largest absolute Gasteiger partial charge is 0.469 e. The third-order valence-corrected chi connectivity index (χ3v) is 5.76. The smallest absolute Gasteiger partial charge is 0.313 e. The van der Waals surface area contributed by atoms with E-state index in [2.05, 4.69) is 0 Å². The second-order valence-electron chi connectivity index (χ2n) is 5.60. The number of hydrogen-bond donors (Lipinski definition) is 0. The summed E-state index contributed by atoms with van der Waals surface area (Å²) in [4.78, 5) is 34.7. The van der Waals surface area contributed by atoms with Gasteiger partial charge in [0.15, 0.2) is 0 Å². The molecular formula is C11H11NO6. The molecule has 0 spiro atoms. The van der Waals surface area contributed by atoms with Crippen LogP contribution in [0.5, 0.6) is 0 Å². The SMILES string of the molecule is COC(=O)[C@]12[C@H]3[C@@H]4[C@H](C([N+](=O)[O-])[C@H]31)[C@@]42C(=O)OC. The first kappa shape index (κ1) is 10.3. The van der Waals surface area contributed by atoms with Crippen LogP contribution in [-0.2, 0) is 19.1 Å². The summed E-state index contributed by atoms with van der Waals surface area (Å²) in [7, 11) is 2.51. The van der Waals surface area contributed by atoms with Gasteiger partial charge in [0, 0.05) is 16.8 Å². The minimum absolute atomic E-state index is 0.0375. The van der Waals surface area contributed by atoms with E-state index in [0.29, 0.717) is 0 Å². The Morgan fingerprint density at radius 1 is 1.00 bits per heavy atom. The molecule has 0 heterocycles. The zero-order valence-electron chi connectivity index (χ0n) is 9.78. The molecule has 5 rings (SSSR count). The summed E-state index contributed by atoms with van der Waals surface area (Å²) < 4.78 is 9.54. The first-order valence-corrected chi connectivity index (χ1v) is 5.83. The van der Waals surface area contributed by atoms with Crippen molar-refractivity contribution in [3.05, 3.63) is 10.1 Å². The van der Waals surface area contributed by atoms with Gasteiger partial charge in [-0.1, -0.05) is 0 Å². The molecule has 18 heavy (non-hydrogen) atoms. The van der Waals surface area contributed by atoms with Crippen molar-refractivity contribution in [3.8, 4) is 0 Å². The molecule has 5 fully saturated rings. The number of rotatable bonds is 3. The molecule has 2 bridgehead atoms. The molecule has 5 saturated carbocycles. The summed E-state index contributed by atoms with van der Waals surface area (Å²) in [5.74, 6) is -1.69. The van der Waals surface area contributed by atoms with Crippen molar-refractivity contribution in [1.29, 1.82) is 0 Å². The number of methoxy groups -OCH3 is 2. The number of nitro groups is 1. The van der Waals surface area contributed by atoms with Crippen LogP contribution in [0, 0.1) is 44.6 Å². The van der Waals surface area contributed by atoms with E-state index in [0.717, 1.165) is 0 Å². The van der Waals surface area contributed by atoms with Crippen LogP contribution in [0.1, 0.15) is 0 Å². The first-order chi connectivity index (χ1) is 8.52. The molecule has 0 aromatic rings. The van der Waals surface area contributed by atoms with E-state index in [1.54, 1.807) is 0 Å². The maximum absolute atomic E-state index is 12.0. The predicted octanol–water partition coefficient (Wildman–Crippen LogP) is -0.530. The third kappa shape index (κ3) is 0.563. The van der Waals surface area contributed by atoms with Gasteiger partial charge < -0.3 is 9.47 Å². The first-order valence-electron chi connectivity index (χ1n) is 5.83. The quantitative estimate of drug-likeness (QED) is 0.381. The van der Waals surface area contributed by atoms with Crippen LogP contribution < -0.4 is 0 Å². The summed E-state index contributed by atoms with van der Waals surface area (Å²) in [5, 5.41) is 11.1. The van der Waals surface area contributed by atoms with Gasteiger partial charge in [-0.2, -0.15) is 0 Å². The number of carbonyl (C=O) groups excluding carboxylic acids is 2. The van der Waals surface area contributed by atoms with Crippen LogP contribution >= 0.6 is 0 Å². The molecule has 1 unspecified atom stereocenters. The molecule has 0 aliphatic heterocycles. The molecule has 7 atom stereocenters. The van der Waals surface area contributed by atoms with E-state index in [4.69, 9.17) is 9.47 Å². The van der Waals surface area contributed by atoms with E-state index in [1.165, 1.54) is 14.2 Å². The van der Waals surface area contributed by atoms with E-state index >= 15 is 0 Å². The molecule has 0 N–H and O–H groups in total. The minimum atomic E-state index is -0.943. The molecule has 5 aliphatic rings. The molecular weight excluding hydrogens is 242 g/mol. The fraction of sp³-hybridized carbons (Fsp3) is 0.818. The Balaban J connectivity index is 1.82. The molecule has 7 nitrogen and oxygen atoms in total. The Hall–Kier alpha value is -1.66. The average molecular weight is 253 g/mol. The lowest BCUT2D eigenvalue weighted by molar-refractivity contribution is -0.528. The van der Waals surface area contributed by atoms with Gasteiger partial charge in [-0.3, -0.25) is 19.7 Å². The predicted molar refractivity (Wildman–Crippen MR) is 53.6 cm³/mol. The van der Waals surface area contributed by atoms with Crippen LogP contribution in [0.2, 0.25) is 0 Å². The van der Waals surface area contributed by atoms with Crippen molar-refractivity contribution in [3.63, 3.8) is 0 Å². The Kier molecular flexibility index (Phi) is 1.36. The van der Waals surface area contributed by atoms with Gasteiger partial charge in [-0.25, -0.2) is 0 Å². The van der Waals surface area contributed by atoms with Gasteiger partial charge in [-0.15, -0.1) is 0 Å². The van der Waals surface area contributed by atoms with Gasteiger partial charge >= 0.3 is 11.9 Å². The van der Waals surface area contributed by atoms with Crippen LogP contribution in [0.25, 0.3) is 0 Å². The number of nitrogens with zero attached hydrogens (tertiary/aromatic N) is 1. The zero-order chi connectivity index (χ0) is 13.0. The van der Waals surface area contributed by atoms with Crippen molar-refractivity contribution in [2.24, 2.45) is 34.5 Å². The molecule has 5 aliphatic carbocycles. The van der Waals surface area contributed by atoms with E-state index in [-0.39, 0.29) is 28.6 Å². The molecule has 7 heteroatoms. The fourth-order valence-corrected chi connectivity index (χ4v) is 5.57. The Bertz CT molecular complexity index is 492. The van der Waals surface area contributed by atoms with Crippen LogP contribution in [0.15, 0.2) is 0 Å². The normalized spacial score (nSPS) is 56.0. The molecule has 0 aromatic carbocycles. The summed E-state index contributed by atoms with van der Waals surface area (Å²) in [5.41, 5.74) is -1.89. The second-order valence-corrected chi connectivity index (χ2v) is 5.60. The van der Waals surface area contributed by atoms with E-state index in [1.807, 2.05) is 0 Å². The summed E-state index contributed by atoms with van der Waals surface area (Å²) in [6.07, 6.45) is 0. The lowest BCUT2D eigenvalue weighted by Crippen LogP contribution is -2.44. The van der Waals surface area contributed by atoms with Crippen molar-refractivity contribution < 1.29 is 24.0 Å². The Morgan fingerprint density at radius 3 is 1.67 bits per heavy atom. The molecule has 0 saturated heterocycles. The van der Waals surface area contributed by atoms with Crippen molar-refractivity contribution in [2.45, 2.75) is 6.04 Å². The highest BCUT2D eigenvalue weighted by Crippen LogP contribution is 3.05. The average Bonchev–Trinajstić information content (AvgIpc) is 3.03. The van der Waals surface area contributed by atoms with Crippen molar-refractivity contribution in [1.82, 2.24) is 0 Å². The standard InChI is InChI=1S/C11H11NO6/c1-17-8(13)10-3-4-6(7(5(3)10)12(15)16)11(4,10)9(14)18-2/h3-7H,1-2H3/t3-,4+,5-,6+,7?,10-,11+. The van der Waals surface area contributed by atoms with Gasteiger partial charge in [0.25, 0.3) is 0 Å². The van der Waals surface area contributed by atoms with Gasteiger partial charge in [0.2, 0.25) is 6.04 Å². The van der Waals surface area contributed by atoms with Gasteiger partial charge in [0.1, 0.15) is 0 Å². The highest BCUT2D eigenvalue weighted by Gasteiger charge is 3.15. The second kappa shape index (κ2) is 2.39. The van der Waals surface area contributed by atoms with E-state index < -0.39 is 28.8 Å². The molecule has 96 valence electrons. The lowest BCUT2D eigenvalue weighted by Gasteiger charge is -2.30. The number of hydrogen-bond acceptors (Lipinski definition) is 6. The maximum atomic E-state index is 12.0. The Morgan fingerprint density at radius 2 is 1.39 bits per heavy atom.